The Labute approximate surface area is 170 Å². The summed E-state index contributed by atoms with van der Waals surface area (Å²) in [5, 5.41) is 27.5. The van der Waals surface area contributed by atoms with Gasteiger partial charge in [0.25, 0.3) is 5.69 Å². The zero-order valence-electron chi connectivity index (χ0n) is 15.6. The van der Waals surface area contributed by atoms with Crippen LogP contribution in [0.3, 0.4) is 0 Å². The molecule has 0 unspecified atom stereocenters. The van der Waals surface area contributed by atoms with Crippen LogP contribution in [0, 0.1) is 17.0 Å². The second-order valence-electron chi connectivity index (χ2n) is 6.56. The largest absolute Gasteiger partial charge is 0.387 e. The molecule has 7 nitrogen and oxygen atoms in total. The lowest BCUT2D eigenvalue weighted by molar-refractivity contribution is -0.384. The van der Waals surface area contributed by atoms with Crippen molar-refractivity contribution < 1.29 is 10.0 Å². The zero-order chi connectivity index (χ0) is 20.4. The van der Waals surface area contributed by atoms with Gasteiger partial charge in [0.2, 0.25) is 0 Å². The fourth-order valence-corrected chi connectivity index (χ4v) is 4.13. The Morgan fingerprint density at radius 3 is 2.55 bits per heavy atom. The number of hydrogen-bond acceptors (Lipinski definition) is 7. The van der Waals surface area contributed by atoms with Gasteiger partial charge in [0.15, 0.2) is 0 Å². The third-order valence-corrected chi connectivity index (χ3v) is 5.45. The summed E-state index contributed by atoms with van der Waals surface area (Å²) in [4.78, 5) is 20.3. The molecule has 0 aliphatic carbocycles. The standard InChI is InChI=1S/C21H18N4O3S/c1-13-23-20(22-11-18(26)15-7-9-16(10-8-15)25(27)28)19-17(12-29-21(19)24-13)14-5-3-2-4-6-14/h2-10,12,18,26H,11H2,1H3,(H,22,23,24)/t18-/m0/s1. The van der Waals surface area contributed by atoms with Crippen LogP contribution in [0.25, 0.3) is 21.3 Å². The summed E-state index contributed by atoms with van der Waals surface area (Å²) in [6.07, 6.45) is -0.833. The molecule has 0 bridgehead atoms. The molecular weight excluding hydrogens is 388 g/mol. The minimum atomic E-state index is -0.833. The quantitative estimate of drug-likeness (QED) is 0.355. The number of anilines is 1. The molecule has 0 saturated heterocycles. The number of nitro benzene ring substituents is 1. The average Bonchev–Trinajstić information content (AvgIpc) is 3.16. The van der Waals surface area contributed by atoms with E-state index in [1.165, 1.54) is 12.1 Å². The third-order valence-electron chi connectivity index (χ3n) is 4.58. The maximum absolute atomic E-state index is 10.8. The number of nitro groups is 1. The van der Waals surface area contributed by atoms with Crippen LogP contribution in [0.4, 0.5) is 11.5 Å². The van der Waals surface area contributed by atoms with Gasteiger partial charge >= 0.3 is 0 Å². The van der Waals surface area contributed by atoms with Crippen LogP contribution in [0.2, 0.25) is 0 Å². The fraction of sp³-hybridized carbons (Fsp3) is 0.143. The topological polar surface area (TPSA) is 101 Å². The molecule has 0 fully saturated rings. The molecule has 1 atom stereocenters. The molecule has 0 aliphatic heterocycles. The molecular formula is C21H18N4O3S. The first kappa shape index (κ1) is 19.0. The number of nitrogens with zero attached hydrogens (tertiary/aromatic N) is 3. The normalized spacial score (nSPS) is 12.1. The van der Waals surface area contributed by atoms with E-state index in [1.807, 2.05) is 37.3 Å². The number of hydrogen-bond donors (Lipinski definition) is 2. The number of benzene rings is 2. The predicted octanol–water partition coefficient (Wildman–Crippen LogP) is 4.72. The van der Waals surface area contributed by atoms with Crippen molar-refractivity contribution in [2.45, 2.75) is 13.0 Å². The third kappa shape index (κ3) is 3.94. The van der Waals surface area contributed by atoms with Crippen LogP contribution in [-0.4, -0.2) is 26.5 Å². The summed E-state index contributed by atoms with van der Waals surface area (Å²) < 4.78 is 0. The van der Waals surface area contributed by atoms with E-state index in [1.54, 1.807) is 23.5 Å². The Balaban J connectivity index is 1.62. The van der Waals surface area contributed by atoms with E-state index in [-0.39, 0.29) is 12.2 Å². The van der Waals surface area contributed by atoms with Gasteiger partial charge in [-0.15, -0.1) is 11.3 Å². The molecule has 0 spiro atoms. The van der Waals surface area contributed by atoms with E-state index in [0.717, 1.165) is 21.3 Å². The maximum atomic E-state index is 10.8. The first-order valence-electron chi connectivity index (χ1n) is 9.00. The number of rotatable bonds is 6. The summed E-state index contributed by atoms with van der Waals surface area (Å²) in [6.45, 7) is 2.05. The van der Waals surface area contributed by atoms with Crippen LogP contribution >= 0.6 is 11.3 Å². The average molecular weight is 406 g/mol. The first-order valence-corrected chi connectivity index (χ1v) is 9.88. The lowest BCUT2D eigenvalue weighted by Gasteiger charge is -2.14. The van der Waals surface area contributed by atoms with Gasteiger partial charge in [0.1, 0.15) is 16.5 Å². The zero-order valence-corrected chi connectivity index (χ0v) is 16.4. The Morgan fingerprint density at radius 1 is 1.14 bits per heavy atom. The first-order chi connectivity index (χ1) is 14.0. The summed E-state index contributed by atoms with van der Waals surface area (Å²) in [5.41, 5.74) is 2.70. The Morgan fingerprint density at radius 2 is 1.86 bits per heavy atom. The van der Waals surface area contributed by atoms with Crippen molar-refractivity contribution in [2.75, 3.05) is 11.9 Å². The number of aromatic nitrogens is 2. The van der Waals surface area contributed by atoms with Crippen LogP contribution in [-0.2, 0) is 0 Å². The lowest BCUT2D eigenvalue weighted by Crippen LogP contribution is -2.13. The predicted molar refractivity (Wildman–Crippen MR) is 114 cm³/mol. The van der Waals surface area contributed by atoms with Gasteiger partial charge in [-0.25, -0.2) is 9.97 Å². The van der Waals surface area contributed by atoms with Crippen LogP contribution in [0.15, 0.2) is 60.0 Å². The lowest BCUT2D eigenvalue weighted by atomic mass is 10.1. The molecule has 0 amide bonds. The van der Waals surface area contributed by atoms with Gasteiger partial charge in [0.05, 0.1) is 16.4 Å². The molecule has 2 aromatic carbocycles. The van der Waals surface area contributed by atoms with E-state index in [4.69, 9.17) is 0 Å². The molecule has 2 aromatic heterocycles. The van der Waals surface area contributed by atoms with Gasteiger partial charge < -0.3 is 10.4 Å². The smallest absolute Gasteiger partial charge is 0.269 e. The summed E-state index contributed by atoms with van der Waals surface area (Å²) in [7, 11) is 0. The summed E-state index contributed by atoms with van der Waals surface area (Å²) >= 11 is 1.55. The van der Waals surface area contributed by atoms with Crippen LogP contribution < -0.4 is 5.32 Å². The Hall–Kier alpha value is -3.36. The molecule has 2 N–H and O–H groups in total. The molecule has 2 heterocycles. The fourth-order valence-electron chi connectivity index (χ4n) is 3.14. The van der Waals surface area contributed by atoms with Crippen molar-refractivity contribution in [3.63, 3.8) is 0 Å². The van der Waals surface area contributed by atoms with Crippen molar-refractivity contribution in [1.29, 1.82) is 0 Å². The van der Waals surface area contributed by atoms with E-state index < -0.39 is 11.0 Å². The van der Waals surface area contributed by atoms with E-state index in [9.17, 15) is 15.2 Å². The Kier molecular flexibility index (Phi) is 5.20. The number of thiophene rings is 1. The van der Waals surface area contributed by atoms with Crippen LogP contribution in [0.1, 0.15) is 17.5 Å². The van der Waals surface area contributed by atoms with Crippen molar-refractivity contribution in [3.05, 3.63) is 81.5 Å². The van der Waals surface area contributed by atoms with Gasteiger partial charge in [-0.3, -0.25) is 10.1 Å². The van der Waals surface area contributed by atoms with E-state index >= 15 is 0 Å². The van der Waals surface area contributed by atoms with Gasteiger partial charge in [-0.05, 0) is 30.2 Å². The van der Waals surface area contributed by atoms with Crippen molar-refractivity contribution in [2.24, 2.45) is 0 Å². The number of aliphatic hydroxyl groups is 1. The molecule has 29 heavy (non-hydrogen) atoms. The molecule has 146 valence electrons. The van der Waals surface area contributed by atoms with Gasteiger partial charge in [-0.2, -0.15) is 0 Å². The SMILES string of the molecule is Cc1nc(NC[C@H](O)c2ccc([N+](=O)[O-])cc2)c2c(-c3ccccc3)csc2n1. The highest BCUT2D eigenvalue weighted by Crippen LogP contribution is 2.37. The number of nitrogens with one attached hydrogen (secondary N) is 1. The van der Waals surface area contributed by atoms with Crippen molar-refractivity contribution >= 4 is 33.1 Å². The molecule has 0 saturated carbocycles. The summed E-state index contributed by atoms with van der Waals surface area (Å²) in [5.74, 6) is 1.31. The number of non-ortho nitro benzene ring substituents is 1. The molecule has 8 heteroatoms. The second-order valence-corrected chi connectivity index (χ2v) is 7.42. The highest BCUT2D eigenvalue weighted by molar-refractivity contribution is 7.17. The maximum Gasteiger partial charge on any atom is 0.269 e. The molecule has 4 aromatic rings. The molecule has 0 radical (unpaired) electrons. The number of fused-ring (bicyclic) bond motifs is 1. The van der Waals surface area contributed by atoms with Crippen molar-refractivity contribution in [1.82, 2.24) is 9.97 Å². The van der Waals surface area contributed by atoms with Gasteiger partial charge in [-0.1, -0.05) is 30.3 Å². The number of aliphatic hydroxyl groups excluding tert-OH is 1. The minimum Gasteiger partial charge on any atom is -0.387 e. The highest BCUT2D eigenvalue weighted by atomic mass is 32.1. The van der Waals surface area contributed by atoms with Crippen molar-refractivity contribution in [3.8, 4) is 11.1 Å². The molecule has 4 rings (SSSR count). The number of aryl methyl sites for hydroxylation is 1. The monoisotopic (exact) mass is 406 g/mol. The van der Waals surface area contributed by atoms with E-state index in [0.29, 0.717) is 17.2 Å². The molecule has 0 aliphatic rings. The highest BCUT2D eigenvalue weighted by Gasteiger charge is 2.16. The van der Waals surface area contributed by atoms with Crippen LogP contribution in [0.5, 0.6) is 0 Å². The summed E-state index contributed by atoms with van der Waals surface area (Å²) in [6, 6.07) is 15.9. The Bertz CT molecular complexity index is 1160. The van der Waals surface area contributed by atoms with E-state index in [2.05, 4.69) is 20.7 Å². The second kappa shape index (κ2) is 7.94. The minimum absolute atomic E-state index is 0.00665. The van der Waals surface area contributed by atoms with Gasteiger partial charge in [0, 0.05) is 29.6 Å².